The lowest BCUT2D eigenvalue weighted by Crippen LogP contribution is -2.24. The molecule has 0 atom stereocenters. The fourth-order valence-corrected chi connectivity index (χ4v) is 2.95. The second kappa shape index (κ2) is 8.93. The third-order valence-electron chi connectivity index (χ3n) is 4.48. The van der Waals surface area contributed by atoms with Gasteiger partial charge in [0.15, 0.2) is 0 Å². The van der Waals surface area contributed by atoms with Crippen LogP contribution in [0.25, 0.3) is 22.9 Å². The Kier molecular flexibility index (Phi) is 5.89. The Labute approximate surface area is 180 Å². The first-order chi connectivity index (χ1) is 15.4. The summed E-state index contributed by atoms with van der Waals surface area (Å²) in [7, 11) is 0. The van der Waals surface area contributed by atoms with Gasteiger partial charge in [-0.15, -0.1) is 23.4 Å². The van der Waals surface area contributed by atoms with Crippen LogP contribution in [0.3, 0.4) is 0 Å². The molecule has 6 nitrogen and oxygen atoms in total. The van der Waals surface area contributed by atoms with E-state index in [0.29, 0.717) is 22.9 Å². The number of carbonyl (C=O) groups excluding carboxylic acids is 1. The second-order valence-corrected chi connectivity index (χ2v) is 6.69. The number of benzene rings is 3. The minimum atomic E-state index is -4.81. The topological polar surface area (TPSA) is 77.2 Å². The van der Waals surface area contributed by atoms with Gasteiger partial charge in [0.25, 0.3) is 5.91 Å². The molecule has 0 aliphatic rings. The van der Waals surface area contributed by atoms with E-state index in [-0.39, 0.29) is 17.9 Å². The number of aromatic nitrogens is 2. The highest BCUT2D eigenvalue weighted by Gasteiger charge is 2.32. The first-order valence-electron chi connectivity index (χ1n) is 9.50. The van der Waals surface area contributed by atoms with Crippen LogP contribution in [0.2, 0.25) is 0 Å². The Balaban J connectivity index is 1.42. The zero-order chi connectivity index (χ0) is 22.6. The van der Waals surface area contributed by atoms with Crippen molar-refractivity contribution >= 4 is 5.91 Å². The van der Waals surface area contributed by atoms with E-state index in [1.165, 1.54) is 18.2 Å². The number of carbonyl (C=O) groups is 1. The summed E-state index contributed by atoms with van der Waals surface area (Å²) >= 11 is 0. The molecule has 0 bridgehead atoms. The molecule has 1 amide bonds. The van der Waals surface area contributed by atoms with Gasteiger partial charge in [-0.05, 0) is 42.5 Å². The molecule has 32 heavy (non-hydrogen) atoms. The largest absolute Gasteiger partial charge is 0.573 e. The highest BCUT2D eigenvalue weighted by molar-refractivity contribution is 5.94. The Morgan fingerprint density at radius 1 is 0.844 bits per heavy atom. The summed E-state index contributed by atoms with van der Waals surface area (Å²) < 4.78 is 47.3. The minimum Gasteiger partial charge on any atom is -0.416 e. The molecule has 3 aromatic carbocycles. The summed E-state index contributed by atoms with van der Waals surface area (Å²) in [4.78, 5) is 12.4. The van der Waals surface area contributed by atoms with Gasteiger partial charge in [-0.25, -0.2) is 0 Å². The van der Waals surface area contributed by atoms with Crippen molar-refractivity contribution in [3.8, 4) is 28.7 Å². The molecular formula is C23H16F3N3O3. The molecule has 0 unspecified atom stereocenters. The van der Waals surface area contributed by atoms with E-state index in [2.05, 4.69) is 20.3 Å². The Bertz CT molecular complexity index is 1210. The number of rotatable bonds is 6. The lowest BCUT2D eigenvalue weighted by molar-refractivity contribution is -0.274. The molecule has 4 rings (SSSR count). The van der Waals surface area contributed by atoms with Crippen molar-refractivity contribution in [1.82, 2.24) is 15.5 Å². The third kappa shape index (κ3) is 5.12. The van der Waals surface area contributed by atoms with E-state index in [1.807, 2.05) is 30.3 Å². The van der Waals surface area contributed by atoms with Gasteiger partial charge >= 0.3 is 6.36 Å². The van der Waals surface area contributed by atoms with Crippen molar-refractivity contribution in [2.75, 3.05) is 0 Å². The average molecular weight is 439 g/mol. The van der Waals surface area contributed by atoms with E-state index in [1.54, 1.807) is 30.3 Å². The van der Waals surface area contributed by atoms with Gasteiger partial charge in [-0.3, -0.25) is 4.79 Å². The molecule has 0 aliphatic heterocycles. The van der Waals surface area contributed by atoms with Crippen LogP contribution in [-0.4, -0.2) is 22.5 Å². The van der Waals surface area contributed by atoms with Crippen LogP contribution >= 0.6 is 0 Å². The number of hydrogen-bond acceptors (Lipinski definition) is 5. The predicted molar refractivity (Wildman–Crippen MR) is 109 cm³/mol. The van der Waals surface area contributed by atoms with Crippen LogP contribution in [0.1, 0.15) is 15.9 Å². The van der Waals surface area contributed by atoms with Crippen molar-refractivity contribution in [2.24, 2.45) is 0 Å². The number of halogens is 3. The molecule has 1 N–H and O–H groups in total. The normalized spacial score (nSPS) is 11.2. The highest BCUT2D eigenvalue weighted by atomic mass is 19.4. The predicted octanol–water partition coefficient (Wildman–Crippen LogP) is 5.23. The molecule has 9 heteroatoms. The van der Waals surface area contributed by atoms with Gasteiger partial charge in [0.2, 0.25) is 11.8 Å². The van der Waals surface area contributed by atoms with E-state index in [9.17, 15) is 18.0 Å². The maximum atomic E-state index is 12.5. The first kappa shape index (κ1) is 21.1. The number of nitrogens with zero attached hydrogens (tertiary/aromatic N) is 2. The Hall–Kier alpha value is -4.14. The molecule has 4 aromatic rings. The van der Waals surface area contributed by atoms with Gasteiger partial charge in [-0.1, -0.05) is 36.4 Å². The van der Waals surface area contributed by atoms with E-state index >= 15 is 0 Å². The zero-order valence-electron chi connectivity index (χ0n) is 16.5. The van der Waals surface area contributed by atoms with Gasteiger partial charge in [0, 0.05) is 28.8 Å². The minimum absolute atomic E-state index is 0.128. The van der Waals surface area contributed by atoms with Crippen LogP contribution in [0, 0.1) is 0 Å². The molecule has 0 fully saturated rings. The molecule has 0 aliphatic carbocycles. The number of amides is 1. The number of alkyl halides is 3. The zero-order valence-corrected chi connectivity index (χ0v) is 16.5. The van der Waals surface area contributed by atoms with Gasteiger partial charge in [-0.2, -0.15) is 0 Å². The van der Waals surface area contributed by atoms with Crippen LogP contribution in [0.5, 0.6) is 5.75 Å². The third-order valence-corrected chi connectivity index (χ3v) is 4.48. The summed E-state index contributed by atoms with van der Waals surface area (Å²) in [6, 6.07) is 21.4. The SMILES string of the molecule is O=C(NCc1ccccc1OC(F)(F)F)c1ccc(-c2nnc(-c3ccccc3)o2)cc1. The van der Waals surface area contributed by atoms with E-state index in [4.69, 9.17) is 4.42 Å². The summed E-state index contributed by atoms with van der Waals surface area (Å²) in [5.74, 6) is -0.133. The number of nitrogens with one attached hydrogen (secondary N) is 1. The lowest BCUT2D eigenvalue weighted by Gasteiger charge is -2.13. The smallest absolute Gasteiger partial charge is 0.416 e. The number of hydrogen-bond donors (Lipinski definition) is 1. The quantitative estimate of drug-likeness (QED) is 0.445. The molecule has 162 valence electrons. The fraction of sp³-hybridized carbons (Fsp3) is 0.0870. The molecule has 0 radical (unpaired) electrons. The van der Waals surface area contributed by atoms with Crippen molar-refractivity contribution in [3.05, 3.63) is 90.0 Å². The first-order valence-corrected chi connectivity index (χ1v) is 9.50. The van der Waals surface area contributed by atoms with Crippen LogP contribution in [0.4, 0.5) is 13.2 Å². The average Bonchev–Trinajstić information content (AvgIpc) is 3.28. The van der Waals surface area contributed by atoms with Crippen molar-refractivity contribution in [1.29, 1.82) is 0 Å². The molecular weight excluding hydrogens is 423 g/mol. The summed E-state index contributed by atoms with van der Waals surface area (Å²) in [5, 5.41) is 10.6. The summed E-state index contributed by atoms with van der Waals surface area (Å²) in [6.45, 7) is -0.128. The maximum absolute atomic E-state index is 12.5. The molecule has 0 saturated carbocycles. The van der Waals surface area contributed by atoms with Gasteiger partial charge in [0.05, 0.1) is 0 Å². The molecule has 1 heterocycles. The van der Waals surface area contributed by atoms with Crippen LogP contribution in [-0.2, 0) is 6.54 Å². The highest BCUT2D eigenvalue weighted by Crippen LogP contribution is 2.26. The van der Waals surface area contributed by atoms with Crippen molar-refractivity contribution < 1.29 is 27.1 Å². The van der Waals surface area contributed by atoms with Crippen LogP contribution in [0.15, 0.2) is 83.3 Å². The van der Waals surface area contributed by atoms with E-state index in [0.717, 1.165) is 5.56 Å². The lowest BCUT2D eigenvalue weighted by atomic mass is 10.1. The fourth-order valence-electron chi connectivity index (χ4n) is 2.95. The van der Waals surface area contributed by atoms with E-state index < -0.39 is 12.3 Å². The van der Waals surface area contributed by atoms with Crippen molar-refractivity contribution in [3.63, 3.8) is 0 Å². The van der Waals surface area contributed by atoms with Gasteiger partial charge < -0.3 is 14.5 Å². The monoisotopic (exact) mass is 439 g/mol. The Morgan fingerprint density at radius 3 is 2.09 bits per heavy atom. The molecule has 0 saturated heterocycles. The number of ether oxygens (including phenoxy) is 1. The van der Waals surface area contributed by atoms with Crippen LogP contribution < -0.4 is 10.1 Å². The molecule has 0 spiro atoms. The number of para-hydroxylation sites is 1. The van der Waals surface area contributed by atoms with Crippen molar-refractivity contribution in [2.45, 2.75) is 12.9 Å². The summed E-state index contributed by atoms with van der Waals surface area (Å²) in [5.41, 5.74) is 1.94. The maximum Gasteiger partial charge on any atom is 0.573 e. The standard InChI is InChI=1S/C23H16F3N3O3/c24-23(25,26)32-19-9-5-4-8-18(19)14-27-20(30)15-10-12-17(13-11-15)22-29-28-21(31-22)16-6-2-1-3-7-16/h1-13H,14H2,(H,27,30). The summed E-state index contributed by atoms with van der Waals surface area (Å²) in [6.07, 6.45) is -4.81. The second-order valence-electron chi connectivity index (χ2n) is 6.69. The molecule has 1 aromatic heterocycles. The Morgan fingerprint density at radius 2 is 1.44 bits per heavy atom. The van der Waals surface area contributed by atoms with Gasteiger partial charge in [0.1, 0.15) is 5.75 Å².